The highest BCUT2D eigenvalue weighted by atomic mass is 32.2. The van der Waals surface area contributed by atoms with Gasteiger partial charge in [0, 0.05) is 23.1 Å². The summed E-state index contributed by atoms with van der Waals surface area (Å²) in [6.45, 7) is 3.85. The molecular weight excluding hydrogens is 327 g/mol. The molecule has 0 bridgehead atoms. The fourth-order valence-corrected chi connectivity index (χ4v) is 4.10. The lowest BCUT2D eigenvalue weighted by Gasteiger charge is -2.21. The van der Waals surface area contributed by atoms with E-state index in [2.05, 4.69) is 27.3 Å². The SMILES string of the molecule is CCSC1CCCC1Nc1cc(C)nc2nc(C(F)(F)F)nn12. The quantitative estimate of drug-likeness (QED) is 0.919. The summed E-state index contributed by atoms with van der Waals surface area (Å²) in [7, 11) is 0. The first-order valence-electron chi connectivity index (χ1n) is 7.58. The summed E-state index contributed by atoms with van der Waals surface area (Å²) < 4.78 is 39.7. The Morgan fingerprint density at radius 3 is 2.83 bits per heavy atom. The number of anilines is 1. The summed E-state index contributed by atoms with van der Waals surface area (Å²) in [5, 5.41) is 7.41. The van der Waals surface area contributed by atoms with Crippen LogP contribution in [0.25, 0.3) is 5.78 Å². The first-order chi connectivity index (χ1) is 10.9. The van der Waals surface area contributed by atoms with Crippen LogP contribution in [-0.4, -0.2) is 36.6 Å². The van der Waals surface area contributed by atoms with Gasteiger partial charge in [-0.05, 0) is 25.5 Å². The van der Waals surface area contributed by atoms with E-state index < -0.39 is 12.0 Å². The van der Waals surface area contributed by atoms with Gasteiger partial charge in [-0.1, -0.05) is 13.3 Å². The number of thioether (sulfide) groups is 1. The van der Waals surface area contributed by atoms with Crippen molar-refractivity contribution in [1.29, 1.82) is 0 Å². The van der Waals surface area contributed by atoms with Gasteiger partial charge in [-0.2, -0.15) is 34.4 Å². The van der Waals surface area contributed by atoms with Crippen LogP contribution in [-0.2, 0) is 6.18 Å². The number of nitrogens with one attached hydrogen (secondary N) is 1. The molecule has 2 unspecified atom stereocenters. The van der Waals surface area contributed by atoms with Gasteiger partial charge in [0.05, 0.1) is 0 Å². The highest BCUT2D eigenvalue weighted by molar-refractivity contribution is 7.99. The third kappa shape index (κ3) is 3.39. The van der Waals surface area contributed by atoms with Crippen LogP contribution in [0.1, 0.15) is 37.7 Å². The molecule has 1 saturated carbocycles. The predicted molar refractivity (Wildman–Crippen MR) is 83.7 cm³/mol. The maximum Gasteiger partial charge on any atom is 0.453 e. The number of halogens is 3. The molecule has 0 amide bonds. The van der Waals surface area contributed by atoms with Crippen LogP contribution >= 0.6 is 11.8 Å². The lowest BCUT2D eigenvalue weighted by Crippen LogP contribution is -2.27. The molecule has 2 aromatic rings. The Morgan fingerprint density at radius 2 is 2.13 bits per heavy atom. The molecule has 1 fully saturated rings. The summed E-state index contributed by atoms with van der Waals surface area (Å²) in [5.74, 6) is 0.348. The van der Waals surface area contributed by atoms with Crippen molar-refractivity contribution in [3.05, 3.63) is 17.6 Å². The van der Waals surface area contributed by atoms with Crippen LogP contribution in [0, 0.1) is 6.92 Å². The van der Waals surface area contributed by atoms with Gasteiger partial charge >= 0.3 is 6.18 Å². The largest absolute Gasteiger partial charge is 0.453 e. The molecule has 5 nitrogen and oxygen atoms in total. The second-order valence-electron chi connectivity index (χ2n) is 5.60. The van der Waals surface area contributed by atoms with Crippen LogP contribution < -0.4 is 5.32 Å². The second-order valence-corrected chi connectivity index (χ2v) is 7.12. The molecule has 0 radical (unpaired) electrons. The van der Waals surface area contributed by atoms with Crippen LogP contribution in [0.3, 0.4) is 0 Å². The Balaban J connectivity index is 1.95. The average molecular weight is 345 g/mol. The van der Waals surface area contributed by atoms with E-state index in [-0.39, 0.29) is 11.8 Å². The van der Waals surface area contributed by atoms with Crippen molar-refractivity contribution in [3.63, 3.8) is 0 Å². The van der Waals surface area contributed by atoms with Crippen LogP contribution in [0.5, 0.6) is 0 Å². The molecular formula is C14H18F3N5S. The minimum Gasteiger partial charge on any atom is -0.366 e. The van der Waals surface area contributed by atoms with Gasteiger partial charge in [0.15, 0.2) is 0 Å². The molecule has 0 aromatic carbocycles. The lowest BCUT2D eigenvalue weighted by molar-refractivity contribution is -0.144. The Labute approximate surface area is 136 Å². The lowest BCUT2D eigenvalue weighted by atomic mass is 10.2. The number of alkyl halides is 3. The van der Waals surface area contributed by atoms with Crippen LogP contribution in [0.4, 0.5) is 19.0 Å². The van der Waals surface area contributed by atoms with E-state index in [0.717, 1.165) is 29.5 Å². The van der Waals surface area contributed by atoms with Crippen molar-refractivity contribution in [1.82, 2.24) is 19.6 Å². The zero-order valence-corrected chi connectivity index (χ0v) is 13.7. The number of hydrogen-bond acceptors (Lipinski definition) is 5. The first-order valence-corrected chi connectivity index (χ1v) is 8.63. The summed E-state index contributed by atoms with van der Waals surface area (Å²) in [5.41, 5.74) is 0.610. The molecule has 2 heterocycles. The smallest absolute Gasteiger partial charge is 0.366 e. The topological polar surface area (TPSA) is 55.1 Å². The van der Waals surface area contributed by atoms with Crippen LogP contribution in [0.2, 0.25) is 0 Å². The molecule has 3 rings (SSSR count). The highest BCUT2D eigenvalue weighted by Crippen LogP contribution is 2.32. The first kappa shape index (κ1) is 16.4. The second kappa shape index (κ2) is 6.18. The minimum absolute atomic E-state index is 0.0301. The van der Waals surface area contributed by atoms with E-state index in [4.69, 9.17) is 0 Å². The van der Waals surface area contributed by atoms with Gasteiger partial charge < -0.3 is 5.32 Å². The monoisotopic (exact) mass is 345 g/mol. The van der Waals surface area contributed by atoms with Gasteiger partial charge in [-0.15, -0.1) is 5.10 Å². The zero-order chi connectivity index (χ0) is 16.6. The van der Waals surface area contributed by atoms with E-state index >= 15 is 0 Å². The molecule has 2 atom stereocenters. The number of hydrogen-bond donors (Lipinski definition) is 1. The summed E-state index contributed by atoms with van der Waals surface area (Å²) in [4.78, 5) is 7.55. The zero-order valence-electron chi connectivity index (χ0n) is 12.9. The summed E-state index contributed by atoms with van der Waals surface area (Å²) in [6, 6.07) is 1.94. The highest BCUT2D eigenvalue weighted by Gasteiger charge is 2.37. The Hall–Kier alpha value is -1.51. The third-order valence-corrected chi connectivity index (χ3v) is 5.19. The molecule has 2 aromatic heterocycles. The third-order valence-electron chi connectivity index (χ3n) is 3.86. The van der Waals surface area contributed by atoms with Gasteiger partial charge in [-0.25, -0.2) is 4.98 Å². The molecule has 0 saturated heterocycles. The Kier molecular flexibility index (Phi) is 4.39. The van der Waals surface area contributed by atoms with E-state index in [1.54, 1.807) is 13.0 Å². The van der Waals surface area contributed by atoms with Gasteiger partial charge in [0.25, 0.3) is 11.6 Å². The van der Waals surface area contributed by atoms with E-state index in [9.17, 15) is 13.2 Å². The molecule has 9 heteroatoms. The molecule has 23 heavy (non-hydrogen) atoms. The van der Waals surface area contributed by atoms with E-state index in [1.165, 1.54) is 0 Å². The predicted octanol–water partition coefficient (Wildman–Crippen LogP) is 3.54. The van der Waals surface area contributed by atoms with Crippen molar-refractivity contribution in [2.75, 3.05) is 11.1 Å². The van der Waals surface area contributed by atoms with Crippen LogP contribution in [0.15, 0.2) is 6.07 Å². The Bertz CT molecular complexity index is 700. The molecule has 0 aliphatic heterocycles. The number of nitrogens with zero attached hydrogens (tertiary/aromatic N) is 4. The molecule has 1 aliphatic carbocycles. The minimum atomic E-state index is -4.58. The number of aromatic nitrogens is 4. The maximum absolute atomic E-state index is 12.8. The molecule has 1 N–H and O–H groups in total. The van der Waals surface area contributed by atoms with Crippen molar-refractivity contribution >= 4 is 23.4 Å². The number of fused-ring (bicyclic) bond motifs is 1. The van der Waals surface area contributed by atoms with Gasteiger partial charge in [0.1, 0.15) is 5.82 Å². The van der Waals surface area contributed by atoms with Crippen molar-refractivity contribution in [2.45, 2.75) is 50.6 Å². The molecule has 1 aliphatic rings. The average Bonchev–Trinajstić information content (AvgIpc) is 3.06. The standard InChI is InChI=1S/C14H18F3N5S/c1-3-23-10-6-4-5-9(10)19-11-7-8(2)18-13-20-12(14(15,16)17)21-22(11)13/h7,9-10,19H,3-6H2,1-2H3. The summed E-state index contributed by atoms with van der Waals surface area (Å²) in [6.07, 6.45) is -1.34. The molecule has 0 spiro atoms. The fourth-order valence-electron chi connectivity index (χ4n) is 2.90. The fraction of sp³-hybridized carbons (Fsp3) is 0.643. The van der Waals surface area contributed by atoms with Crippen molar-refractivity contribution in [2.24, 2.45) is 0 Å². The van der Waals surface area contributed by atoms with E-state index in [0.29, 0.717) is 16.8 Å². The van der Waals surface area contributed by atoms with Crippen molar-refractivity contribution in [3.8, 4) is 0 Å². The number of rotatable bonds is 4. The summed E-state index contributed by atoms with van der Waals surface area (Å²) >= 11 is 1.88. The molecule has 126 valence electrons. The van der Waals surface area contributed by atoms with Gasteiger partial charge in [-0.3, -0.25) is 0 Å². The Morgan fingerprint density at radius 1 is 1.35 bits per heavy atom. The van der Waals surface area contributed by atoms with Gasteiger partial charge in [0.2, 0.25) is 0 Å². The van der Waals surface area contributed by atoms with Crippen molar-refractivity contribution < 1.29 is 13.2 Å². The number of aryl methyl sites for hydroxylation is 1. The normalized spacial score (nSPS) is 22.0. The van der Waals surface area contributed by atoms with E-state index in [1.807, 2.05) is 11.8 Å². The maximum atomic E-state index is 12.8.